The van der Waals surface area contributed by atoms with E-state index in [9.17, 15) is 8.42 Å². The minimum absolute atomic E-state index is 0.177. The second-order valence-electron chi connectivity index (χ2n) is 3.73. The maximum atomic E-state index is 11.9. The Hall–Kier alpha value is -2.56. The molecule has 0 amide bonds. The van der Waals surface area contributed by atoms with Crippen LogP contribution in [0.2, 0.25) is 0 Å². The average Bonchev–Trinajstić information content (AvgIpc) is 2.47. The fourth-order valence-electron chi connectivity index (χ4n) is 1.41. The van der Waals surface area contributed by atoms with Gasteiger partial charge in [-0.15, -0.1) is 0 Å². The molecule has 0 aliphatic heterocycles. The fraction of sp³-hybridized carbons (Fsp3) is 0. The molecule has 0 radical (unpaired) electrons. The number of rotatable bonds is 1. The first kappa shape index (κ1) is 12.9. The molecule has 0 aromatic heterocycles. The van der Waals surface area contributed by atoms with Crippen LogP contribution in [-0.2, 0) is 9.84 Å². The zero-order chi connectivity index (χ0) is 13.7. The van der Waals surface area contributed by atoms with Gasteiger partial charge in [-0.1, -0.05) is 18.2 Å². The molecule has 2 aromatic rings. The Morgan fingerprint density at radius 3 is 2.00 bits per heavy atom. The molecule has 2 aromatic carbocycles. The molecule has 3 nitrogen and oxygen atoms in total. The largest absolute Gasteiger partial charge is 0.245 e. The van der Waals surface area contributed by atoms with E-state index in [0.717, 1.165) is 0 Å². The molecule has 0 aliphatic carbocycles. The van der Waals surface area contributed by atoms with Crippen molar-refractivity contribution in [1.29, 1.82) is 5.26 Å². The van der Waals surface area contributed by atoms with Crippen LogP contribution in [0.5, 0.6) is 0 Å². The Morgan fingerprint density at radius 1 is 0.842 bits per heavy atom. The quantitative estimate of drug-likeness (QED) is 0.745. The van der Waals surface area contributed by atoms with Gasteiger partial charge in [0, 0.05) is 10.8 Å². The highest BCUT2D eigenvalue weighted by atomic mass is 32.2. The summed E-state index contributed by atoms with van der Waals surface area (Å²) in [5, 5.41) is 10.9. The van der Waals surface area contributed by atoms with Gasteiger partial charge in [0.05, 0.1) is 16.5 Å². The third-order valence-electron chi connectivity index (χ3n) is 2.40. The first-order chi connectivity index (χ1) is 9.12. The molecule has 0 spiro atoms. The Labute approximate surface area is 112 Å². The minimum Gasteiger partial charge on any atom is -0.210 e. The van der Waals surface area contributed by atoms with Crippen LogP contribution >= 0.6 is 0 Å². The van der Waals surface area contributed by atoms with Gasteiger partial charge in [0.1, 0.15) is 0 Å². The highest BCUT2D eigenvalue weighted by molar-refractivity contribution is 7.96. The van der Waals surface area contributed by atoms with E-state index in [1.807, 2.05) is 6.07 Å². The third-order valence-corrected chi connectivity index (χ3v) is 3.66. The van der Waals surface area contributed by atoms with Crippen molar-refractivity contribution in [3.05, 3.63) is 65.7 Å². The lowest BCUT2D eigenvalue weighted by Crippen LogP contribution is -1.96. The highest BCUT2D eigenvalue weighted by Gasteiger charge is 2.08. The van der Waals surface area contributed by atoms with Crippen LogP contribution in [0.3, 0.4) is 0 Å². The average molecular weight is 267 g/mol. The van der Waals surface area contributed by atoms with E-state index in [1.165, 1.54) is 12.1 Å². The van der Waals surface area contributed by atoms with Crippen LogP contribution in [0.25, 0.3) is 0 Å². The number of benzene rings is 2. The third kappa shape index (κ3) is 3.22. The van der Waals surface area contributed by atoms with Gasteiger partial charge in [-0.3, -0.25) is 0 Å². The zero-order valence-electron chi connectivity index (χ0n) is 9.87. The standard InChI is InChI=1S/C15H9NO2S/c16-12-14-8-6-13(7-9-14)10-11-19(17,18)15-4-2-1-3-5-15/h1-9H. The van der Waals surface area contributed by atoms with Crippen molar-refractivity contribution in [2.45, 2.75) is 4.90 Å². The van der Waals surface area contributed by atoms with E-state index in [-0.39, 0.29) is 4.90 Å². The van der Waals surface area contributed by atoms with Gasteiger partial charge in [0.2, 0.25) is 9.84 Å². The first-order valence-corrected chi connectivity index (χ1v) is 6.93. The van der Waals surface area contributed by atoms with Crippen LogP contribution in [-0.4, -0.2) is 8.42 Å². The van der Waals surface area contributed by atoms with E-state index < -0.39 is 9.84 Å². The maximum absolute atomic E-state index is 11.9. The number of nitriles is 1. The molecule has 0 saturated heterocycles. The lowest BCUT2D eigenvalue weighted by atomic mass is 10.2. The number of sulfone groups is 1. The molecule has 0 aliphatic rings. The molecule has 0 atom stereocenters. The first-order valence-electron chi connectivity index (χ1n) is 5.45. The molecular weight excluding hydrogens is 258 g/mol. The van der Waals surface area contributed by atoms with Crippen LogP contribution in [0.1, 0.15) is 11.1 Å². The topological polar surface area (TPSA) is 57.9 Å². The van der Waals surface area contributed by atoms with Crippen LogP contribution in [0.4, 0.5) is 0 Å². The van der Waals surface area contributed by atoms with Gasteiger partial charge in [0.15, 0.2) is 0 Å². The Kier molecular flexibility index (Phi) is 3.66. The smallest absolute Gasteiger partial charge is 0.210 e. The summed E-state index contributed by atoms with van der Waals surface area (Å²) in [6, 6.07) is 16.5. The Morgan fingerprint density at radius 2 is 1.42 bits per heavy atom. The Bertz CT molecular complexity index is 774. The van der Waals surface area contributed by atoms with Crippen molar-refractivity contribution >= 4 is 9.84 Å². The summed E-state index contributed by atoms with van der Waals surface area (Å²) < 4.78 is 23.8. The van der Waals surface area contributed by atoms with Crippen molar-refractivity contribution in [3.8, 4) is 17.2 Å². The highest BCUT2D eigenvalue weighted by Crippen LogP contribution is 2.09. The SMILES string of the molecule is N#Cc1ccc(C#CS(=O)(=O)c2ccccc2)cc1. The molecular formula is C15H9NO2S. The number of nitrogens with zero attached hydrogens (tertiary/aromatic N) is 1. The van der Waals surface area contributed by atoms with E-state index in [2.05, 4.69) is 11.2 Å². The number of hydrogen-bond acceptors (Lipinski definition) is 3. The lowest BCUT2D eigenvalue weighted by Gasteiger charge is -1.95. The molecule has 4 heteroatoms. The summed E-state index contributed by atoms with van der Waals surface area (Å²) >= 11 is 0. The monoisotopic (exact) mass is 267 g/mol. The fourth-order valence-corrected chi connectivity index (χ4v) is 2.30. The van der Waals surface area contributed by atoms with Crippen molar-refractivity contribution in [2.75, 3.05) is 0 Å². The van der Waals surface area contributed by atoms with Crippen LogP contribution < -0.4 is 0 Å². The number of hydrogen-bond donors (Lipinski definition) is 0. The predicted octanol–water partition coefficient (Wildman–Crippen LogP) is 2.34. The van der Waals surface area contributed by atoms with Crippen molar-refractivity contribution in [2.24, 2.45) is 0 Å². The summed E-state index contributed by atoms with van der Waals surface area (Å²) in [6.45, 7) is 0. The maximum Gasteiger partial charge on any atom is 0.245 e. The molecule has 0 fully saturated rings. The van der Waals surface area contributed by atoms with Gasteiger partial charge in [-0.2, -0.15) is 5.26 Å². The molecule has 0 N–H and O–H groups in total. The van der Waals surface area contributed by atoms with Gasteiger partial charge in [-0.05, 0) is 42.3 Å². The summed E-state index contributed by atoms with van der Waals surface area (Å²) in [5.74, 6) is 2.59. The van der Waals surface area contributed by atoms with Crippen LogP contribution in [0, 0.1) is 22.5 Å². The van der Waals surface area contributed by atoms with Gasteiger partial charge in [0.25, 0.3) is 0 Å². The Balaban J connectivity index is 2.31. The lowest BCUT2D eigenvalue weighted by molar-refractivity contribution is 0.606. The van der Waals surface area contributed by atoms with E-state index in [0.29, 0.717) is 11.1 Å². The summed E-state index contributed by atoms with van der Waals surface area (Å²) in [4.78, 5) is 0.177. The molecule has 92 valence electrons. The van der Waals surface area contributed by atoms with Crippen molar-refractivity contribution < 1.29 is 8.42 Å². The molecule has 0 saturated carbocycles. The summed E-state index contributed by atoms with van der Waals surface area (Å²) in [7, 11) is -3.60. The van der Waals surface area contributed by atoms with Gasteiger partial charge in [-0.25, -0.2) is 8.42 Å². The molecule has 0 heterocycles. The molecule has 2 rings (SSSR count). The van der Waals surface area contributed by atoms with E-state index in [4.69, 9.17) is 5.26 Å². The second kappa shape index (κ2) is 5.39. The van der Waals surface area contributed by atoms with Gasteiger partial charge < -0.3 is 0 Å². The normalized spacial score (nSPS) is 10.1. The van der Waals surface area contributed by atoms with Crippen LogP contribution in [0.15, 0.2) is 59.5 Å². The van der Waals surface area contributed by atoms with Crippen molar-refractivity contribution in [3.63, 3.8) is 0 Å². The summed E-state index contributed by atoms with van der Waals surface area (Å²) in [5.41, 5.74) is 1.06. The summed E-state index contributed by atoms with van der Waals surface area (Å²) in [6.07, 6.45) is 0. The van der Waals surface area contributed by atoms with Crippen molar-refractivity contribution in [1.82, 2.24) is 0 Å². The second-order valence-corrected chi connectivity index (χ2v) is 5.42. The minimum atomic E-state index is -3.60. The molecule has 0 bridgehead atoms. The zero-order valence-corrected chi connectivity index (χ0v) is 10.7. The van der Waals surface area contributed by atoms with Gasteiger partial charge >= 0.3 is 0 Å². The predicted molar refractivity (Wildman–Crippen MR) is 71.7 cm³/mol. The molecule has 19 heavy (non-hydrogen) atoms. The van der Waals surface area contributed by atoms with E-state index in [1.54, 1.807) is 42.5 Å². The molecule has 0 unspecified atom stereocenters. The van der Waals surface area contributed by atoms with E-state index >= 15 is 0 Å².